The van der Waals surface area contributed by atoms with Crippen LogP contribution in [0.3, 0.4) is 0 Å². The second-order valence-electron chi connectivity index (χ2n) is 13.8. The predicted octanol–water partition coefficient (Wildman–Crippen LogP) is 13.2. The van der Waals surface area contributed by atoms with Gasteiger partial charge in [-0.15, -0.1) is 0 Å². The number of nitrogens with two attached hydrogens (primary N) is 2. The molecular formula is C51H48N2. The van der Waals surface area contributed by atoms with Crippen LogP contribution in [-0.2, 0) is 5.41 Å². The van der Waals surface area contributed by atoms with Gasteiger partial charge in [0.25, 0.3) is 0 Å². The van der Waals surface area contributed by atoms with Gasteiger partial charge in [0, 0.05) is 22.7 Å². The standard InChI is InChI=1S/C15H16N2.C12H12.2C12H10/c1-15(2)13-7-9(16)3-5-11(13)12-6-4-10(17)8-14(12)15;3*1-3-7-11(8-4-1)12-9-5-2-6-10-12/h3-8H,16-17H2,1-2H3;1-9,12H,10H2;2*1-10H. The van der Waals surface area contributed by atoms with E-state index in [0.29, 0.717) is 5.92 Å². The average Bonchev–Trinajstić information content (AvgIpc) is 3.45. The Labute approximate surface area is 315 Å². The molecule has 0 spiro atoms. The van der Waals surface area contributed by atoms with Crippen LogP contribution in [0.1, 0.15) is 42.9 Å². The zero-order valence-electron chi connectivity index (χ0n) is 30.6. The van der Waals surface area contributed by atoms with Crippen molar-refractivity contribution in [3.63, 3.8) is 0 Å². The number of hydrogen-bond donors (Lipinski definition) is 2. The Morgan fingerprint density at radius 1 is 0.434 bits per heavy atom. The topological polar surface area (TPSA) is 52.0 Å². The Hall–Kier alpha value is -6.38. The van der Waals surface area contributed by atoms with Crippen molar-refractivity contribution in [3.05, 3.63) is 229 Å². The lowest BCUT2D eigenvalue weighted by Crippen LogP contribution is -2.15. The molecule has 0 radical (unpaired) electrons. The molecule has 1 atom stereocenters. The Balaban J connectivity index is 0.000000123. The molecule has 0 amide bonds. The van der Waals surface area contributed by atoms with Crippen molar-refractivity contribution in [3.8, 4) is 33.4 Å². The minimum absolute atomic E-state index is 0.0184. The van der Waals surface area contributed by atoms with Gasteiger partial charge in [0.2, 0.25) is 0 Å². The third-order valence-electron chi connectivity index (χ3n) is 9.69. The average molecular weight is 689 g/mol. The molecule has 4 N–H and O–H groups in total. The fourth-order valence-corrected chi connectivity index (χ4v) is 6.82. The van der Waals surface area contributed by atoms with Crippen LogP contribution in [0.2, 0.25) is 0 Å². The summed E-state index contributed by atoms with van der Waals surface area (Å²) >= 11 is 0. The van der Waals surface area contributed by atoms with E-state index in [4.69, 9.17) is 11.5 Å². The summed E-state index contributed by atoms with van der Waals surface area (Å²) in [4.78, 5) is 0. The maximum Gasteiger partial charge on any atom is 0.0317 e. The number of benzene rings is 7. The summed E-state index contributed by atoms with van der Waals surface area (Å²) < 4.78 is 0. The van der Waals surface area contributed by atoms with Crippen LogP contribution >= 0.6 is 0 Å². The highest BCUT2D eigenvalue weighted by molar-refractivity contribution is 5.83. The molecular weight excluding hydrogens is 641 g/mol. The van der Waals surface area contributed by atoms with Crippen molar-refractivity contribution in [1.82, 2.24) is 0 Å². The first kappa shape index (κ1) is 36.4. The third kappa shape index (κ3) is 9.49. The van der Waals surface area contributed by atoms with Crippen LogP contribution < -0.4 is 11.5 Å². The number of nitrogen functional groups attached to an aromatic ring is 2. The fraction of sp³-hybridized carbons (Fsp3) is 0.0980. The first-order chi connectivity index (χ1) is 25.9. The van der Waals surface area contributed by atoms with Gasteiger partial charge in [-0.25, -0.2) is 0 Å². The molecule has 0 heterocycles. The maximum absolute atomic E-state index is 5.89. The zero-order valence-corrected chi connectivity index (χ0v) is 30.6. The predicted molar refractivity (Wildman–Crippen MR) is 229 cm³/mol. The van der Waals surface area contributed by atoms with Gasteiger partial charge in [-0.1, -0.05) is 202 Å². The van der Waals surface area contributed by atoms with Gasteiger partial charge >= 0.3 is 0 Å². The molecule has 2 nitrogen and oxygen atoms in total. The summed E-state index contributed by atoms with van der Waals surface area (Å²) in [5, 5.41) is 0. The summed E-state index contributed by atoms with van der Waals surface area (Å²) in [7, 11) is 0. The Morgan fingerprint density at radius 3 is 1.13 bits per heavy atom. The molecule has 7 aromatic carbocycles. The molecule has 1 unspecified atom stereocenters. The minimum atomic E-state index is -0.0184. The Morgan fingerprint density at radius 2 is 0.792 bits per heavy atom. The summed E-state index contributed by atoms with van der Waals surface area (Å²) in [6.45, 7) is 4.44. The monoisotopic (exact) mass is 688 g/mol. The van der Waals surface area contributed by atoms with Gasteiger partial charge < -0.3 is 11.5 Å². The van der Waals surface area contributed by atoms with E-state index in [1.54, 1.807) is 0 Å². The normalized spacial score (nSPS) is 14.1. The van der Waals surface area contributed by atoms with E-state index in [1.807, 2.05) is 36.4 Å². The van der Waals surface area contributed by atoms with Gasteiger partial charge in [-0.05, 0) is 80.8 Å². The van der Waals surface area contributed by atoms with Crippen molar-refractivity contribution in [2.45, 2.75) is 31.6 Å². The largest absolute Gasteiger partial charge is 0.399 e. The van der Waals surface area contributed by atoms with E-state index in [0.717, 1.165) is 17.8 Å². The summed E-state index contributed by atoms with van der Waals surface area (Å²) in [6, 6.07) is 64.5. The summed E-state index contributed by atoms with van der Waals surface area (Å²) in [6.07, 6.45) is 9.86. The number of allylic oxidation sites excluding steroid dienone is 4. The quantitative estimate of drug-likeness (QED) is 0.182. The molecule has 9 rings (SSSR count). The molecule has 7 aromatic rings. The van der Waals surface area contributed by atoms with Gasteiger partial charge in [0.1, 0.15) is 0 Å². The van der Waals surface area contributed by atoms with Gasteiger partial charge in [0.15, 0.2) is 0 Å². The number of hydrogen-bond acceptors (Lipinski definition) is 2. The van der Waals surface area contributed by atoms with E-state index in [1.165, 1.54) is 50.1 Å². The fourth-order valence-electron chi connectivity index (χ4n) is 6.82. The Bertz CT molecular complexity index is 2020. The number of anilines is 2. The molecule has 0 fully saturated rings. The minimum Gasteiger partial charge on any atom is -0.399 e. The molecule has 53 heavy (non-hydrogen) atoms. The van der Waals surface area contributed by atoms with Crippen LogP contribution in [0.4, 0.5) is 11.4 Å². The van der Waals surface area contributed by atoms with E-state index < -0.39 is 0 Å². The second-order valence-corrected chi connectivity index (χ2v) is 13.8. The highest BCUT2D eigenvalue weighted by Crippen LogP contribution is 2.49. The van der Waals surface area contributed by atoms with Crippen LogP contribution in [0.15, 0.2) is 212 Å². The van der Waals surface area contributed by atoms with Crippen molar-refractivity contribution >= 4 is 11.4 Å². The molecule has 0 saturated heterocycles. The number of rotatable bonds is 3. The number of fused-ring (bicyclic) bond motifs is 3. The van der Waals surface area contributed by atoms with Gasteiger partial charge in [-0.3, -0.25) is 0 Å². The Kier molecular flexibility index (Phi) is 12.2. The third-order valence-corrected chi connectivity index (χ3v) is 9.69. The molecule has 0 bridgehead atoms. The van der Waals surface area contributed by atoms with Crippen LogP contribution in [0.25, 0.3) is 33.4 Å². The smallest absolute Gasteiger partial charge is 0.0317 e. The lowest BCUT2D eigenvalue weighted by molar-refractivity contribution is 0.661. The first-order valence-electron chi connectivity index (χ1n) is 18.3. The van der Waals surface area contributed by atoms with E-state index in [-0.39, 0.29) is 5.41 Å². The van der Waals surface area contributed by atoms with E-state index in [2.05, 4.69) is 190 Å². The van der Waals surface area contributed by atoms with Gasteiger partial charge in [0.05, 0.1) is 0 Å². The highest BCUT2D eigenvalue weighted by Gasteiger charge is 2.35. The molecule has 2 aliphatic rings. The summed E-state index contributed by atoms with van der Waals surface area (Å²) in [5.74, 6) is 0.594. The van der Waals surface area contributed by atoms with Crippen molar-refractivity contribution in [2.75, 3.05) is 11.5 Å². The molecule has 2 aliphatic carbocycles. The van der Waals surface area contributed by atoms with Crippen molar-refractivity contribution in [2.24, 2.45) is 0 Å². The first-order valence-corrected chi connectivity index (χ1v) is 18.3. The zero-order chi connectivity index (χ0) is 36.9. The van der Waals surface area contributed by atoms with Gasteiger partial charge in [-0.2, -0.15) is 0 Å². The van der Waals surface area contributed by atoms with Crippen LogP contribution in [0.5, 0.6) is 0 Å². The van der Waals surface area contributed by atoms with E-state index in [9.17, 15) is 0 Å². The van der Waals surface area contributed by atoms with Crippen molar-refractivity contribution in [1.29, 1.82) is 0 Å². The molecule has 0 aliphatic heterocycles. The SMILES string of the molecule is C1=CCC(c2ccccc2)C=C1.CC1(C)c2cc(N)ccc2-c2ccc(N)cc21.c1ccc(-c2ccccc2)cc1.c1ccc(-c2ccccc2)cc1. The van der Waals surface area contributed by atoms with Crippen LogP contribution in [0, 0.1) is 0 Å². The van der Waals surface area contributed by atoms with Crippen molar-refractivity contribution < 1.29 is 0 Å². The second kappa shape index (κ2) is 17.7. The van der Waals surface area contributed by atoms with Crippen LogP contribution in [-0.4, -0.2) is 0 Å². The molecule has 0 aromatic heterocycles. The lowest BCUT2D eigenvalue weighted by Gasteiger charge is -2.21. The highest BCUT2D eigenvalue weighted by atomic mass is 14.6. The molecule has 2 heteroatoms. The summed E-state index contributed by atoms with van der Waals surface area (Å²) in [5.41, 5.74) is 25.1. The molecule has 0 saturated carbocycles. The maximum atomic E-state index is 5.89. The molecule has 262 valence electrons. The van der Waals surface area contributed by atoms with E-state index >= 15 is 0 Å². The lowest BCUT2D eigenvalue weighted by atomic mass is 9.82.